The van der Waals surface area contributed by atoms with Crippen LogP contribution in [0, 0.1) is 11.3 Å². The highest BCUT2D eigenvalue weighted by molar-refractivity contribution is 8.00. The number of carbonyl (C=O) groups is 3. The summed E-state index contributed by atoms with van der Waals surface area (Å²) in [4.78, 5) is 41.6. The molecule has 0 aromatic carbocycles. The molecule has 0 aromatic heterocycles. The van der Waals surface area contributed by atoms with Gasteiger partial charge in [-0.1, -0.05) is 40.7 Å². The van der Waals surface area contributed by atoms with Crippen LogP contribution in [0.4, 0.5) is 0 Å². The molecule has 3 atom stereocenters. The molecule has 0 aromatic rings. The molecule has 1 aliphatic heterocycles. The van der Waals surface area contributed by atoms with Gasteiger partial charge < -0.3 is 15.3 Å². The highest BCUT2D eigenvalue weighted by Gasteiger charge is 2.46. The quantitative estimate of drug-likeness (QED) is 0.591. The molecular weight excluding hydrogens is 402 g/mol. The van der Waals surface area contributed by atoms with Crippen LogP contribution in [0.1, 0.15) is 55.4 Å². The second kappa shape index (κ2) is 9.73. The average Bonchev–Trinajstić information content (AvgIpc) is 2.87. The van der Waals surface area contributed by atoms with E-state index in [-0.39, 0.29) is 34.1 Å². The molecule has 0 radical (unpaired) electrons. The summed E-state index contributed by atoms with van der Waals surface area (Å²) in [6, 6.07) is -1.46. The highest BCUT2D eigenvalue weighted by Crippen LogP contribution is 2.38. The van der Waals surface area contributed by atoms with E-state index < -0.39 is 23.5 Å². The number of rotatable bonds is 7. The Morgan fingerprint density at radius 2 is 1.80 bits per heavy atom. The van der Waals surface area contributed by atoms with E-state index >= 15 is 0 Å². The van der Waals surface area contributed by atoms with E-state index in [2.05, 4.69) is 5.32 Å². The first-order chi connectivity index (χ1) is 13.5. The monoisotopic (exact) mass is 441 g/mol. The number of aliphatic carboxylic acids is 1. The summed E-state index contributed by atoms with van der Waals surface area (Å²) in [6.07, 6.45) is 1.61. The molecule has 1 rings (SSSR count). The molecule has 8 heteroatoms. The largest absolute Gasteiger partial charge is 0.478 e. The van der Waals surface area contributed by atoms with Crippen LogP contribution in [0.3, 0.4) is 0 Å². The fourth-order valence-corrected chi connectivity index (χ4v) is 4.90. The van der Waals surface area contributed by atoms with Crippen molar-refractivity contribution in [2.24, 2.45) is 11.3 Å². The Hall–Kier alpha value is -1.54. The third kappa shape index (κ3) is 6.23. The van der Waals surface area contributed by atoms with Crippen LogP contribution in [-0.2, 0) is 14.4 Å². The molecule has 0 bridgehead atoms. The average molecular weight is 442 g/mol. The van der Waals surface area contributed by atoms with Gasteiger partial charge in [0.2, 0.25) is 11.8 Å². The topological polar surface area (TPSA) is 90.0 Å². The van der Waals surface area contributed by atoms with Crippen molar-refractivity contribution in [1.82, 2.24) is 15.1 Å². The number of carboxylic acid groups (broad SMARTS) is 1. The lowest BCUT2D eigenvalue weighted by molar-refractivity contribution is -0.141. The molecule has 172 valence electrons. The first kappa shape index (κ1) is 26.5. The van der Waals surface area contributed by atoms with E-state index in [9.17, 15) is 19.5 Å². The normalized spacial score (nSPS) is 22.0. The number of carboxylic acids is 1. The van der Waals surface area contributed by atoms with Crippen molar-refractivity contribution in [2.45, 2.75) is 78.3 Å². The maximum absolute atomic E-state index is 13.5. The summed E-state index contributed by atoms with van der Waals surface area (Å²) in [5, 5.41) is 12.3. The standard InChI is InChI=1S/C22H39N3O4S/c1-13(2)15(11-14(3)20(28)29)25(10)19(27)16(21(4,5)6)23-18(26)17-22(7,8)30-12-24(17)9/h11,13,15-17H,12H2,1-10H3,(H,23,26)(H,28,29)/b14-11+/t15-,16?,17-/m1/s1. The minimum absolute atomic E-state index is 0.0147. The first-order valence-electron chi connectivity index (χ1n) is 10.3. The summed E-state index contributed by atoms with van der Waals surface area (Å²) >= 11 is 1.72. The molecule has 1 aliphatic rings. The van der Waals surface area contributed by atoms with Crippen molar-refractivity contribution in [3.63, 3.8) is 0 Å². The minimum Gasteiger partial charge on any atom is -0.478 e. The van der Waals surface area contributed by atoms with E-state index in [4.69, 9.17) is 0 Å². The van der Waals surface area contributed by atoms with Crippen LogP contribution in [0.25, 0.3) is 0 Å². The summed E-state index contributed by atoms with van der Waals surface area (Å²) in [5.74, 6) is -0.622. The zero-order valence-corrected chi connectivity index (χ0v) is 20.9. The van der Waals surface area contributed by atoms with Gasteiger partial charge in [-0.05, 0) is 39.2 Å². The van der Waals surface area contributed by atoms with Crippen molar-refractivity contribution in [2.75, 3.05) is 20.0 Å². The Balaban J connectivity index is 3.19. The van der Waals surface area contributed by atoms with E-state index in [1.807, 2.05) is 60.4 Å². The molecule has 2 N–H and O–H groups in total. The van der Waals surface area contributed by atoms with Gasteiger partial charge in [-0.3, -0.25) is 14.5 Å². The van der Waals surface area contributed by atoms with Gasteiger partial charge >= 0.3 is 5.97 Å². The second-order valence-electron chi connectivity index (χ2n) is 10.2. The molecule has 1 unspecified atom stereocenters. The smallest absolute Gasteiger partial charge is 0.331 e. The Morgan fingerprint density at radius 1 is 1.27 bits per heavy atom. The maximum atomic E-state index is 13.5. The molecule has 1 heterocycles. The highest BCUT2D eigenvalue weighted by atomic mass is 32.2. The zero-order valence-electron chi connectivity index (χ0n) is 20.1. The molecular formula is C22H39N3O4S. The molecule has 30 heavy (non-hydrogen) atoms. The molecule has 1 fully saturated rings. The fourth-order valence-electron chi connectivity index (χ4n) is 3.77. The number of hydrogen-bond acceptors (Lipinski definition) is 5. The van der Waals surface area contributed by atoms with E-state index in [1.165, 1.54) is 6.92 Å². The number of hydrogen-bond donors (Lipinski definition) is 2. The summed E-state index contributed by atoms with van der Waals surface area (Å²) in [7, 11) is 3.59. The van der Waals surface area contributed by atoms with Crippen molar-refractivity contribution in [3.8, 4) is 0 Å². The van der Waals surface area contributed by atoms with Crippen LogP contribution >= 0.6 is 11.8 Å². The van der Waals surface area contributed by atoms with Gasteiger partial charge in [0.05, 0.1) is 6.04 Å². The van der Waals surface area contributed by atoms with Crippen LogP contribution in [0.2, 0.25) is 0 Å². The molecule has 0 spiro atoms. The number of thioether (sulfide) groups is 1. The lowest BCUT2D eigenvalue weighted by Gasteiger charge is -2.39. The van der Waals surface area contributed by atoms with E-state index in [0.717, 1.165) is 5.88 Å². The van der Waals surface area contributed by atoms with Gasteiger partial charge in [-0.25, -0.2) is 4.79 Å². The minimum atomic E-state index is -1.01. The van der Waals surface area contributed by atoms with Crippen molar-refractivity contribution in [1.29, 1.82) is 0 Å². The third-order valence-electron chi connectivity index (χ3n) is 5.62. The van der Waals surface area contributed by atoms with Gasteiger partial charge in [-0.15, -0.1) is 11.8 Å². The van der Waals surface area contributed by atoms with Crippen molar-refractivity contribution < 1.29 is 19.5 Å². The van der Waals surface area contributed by atoms with Gasteiger partial charge in [0.15, 0.2) is 0 Å². The van der Waals surface area contributed by atoms with Crippen molar-refractivity contribution in [3.05, 3.63) is 11.6 Å². The number of nitrogens with one attached hydrogen (secondary N) is 1. The predicted octanol–water partition coefficient (Wildman–Crippen LogP) is 2.81. The van der Waals surface area contributed by atoms with Gasteiger partial charge in [0, 0.05) is 23.2 Å². The van der Waals surface area contributed by atoms with Crippen LogP contribution in [0.5, 0.6) is 0 Å². The predicted molar refractivity (Wildman–Crippen MR) is 122 cm³/mol. The van der Waals surface area contributed by atoms with Gasteiger partial charge in [0.1, 0.15) is 12.1 Å². The fraction of sp³-hybridized carbons (Fsp3) is 0.773. The van der Waals surface area contributed by atoms with Crippen LogP contribution in [-0.4, -0.2) is 75.5 Å². The molecule has 2 amide bonds. The Morgan fingerprint density at radius 3 is 2.17 bits per heavy atom. The molecule has 0 aliphatic carbocycles. The number of likely N-dealkylation sites (N-methyl/N-ethyl adjacent to an activating group) is 2. The summed E-state index contributed by atoms with van der Waals surface area (Å²) in [6.45, 7) is 15.3. The van der Waals surface area contributed by atoms with Gasteiger partial charge in [0.25, 0.3) is 0 Å². The third-order valence-corrected chi connectivity index (χ3v) is 7.13. The van der Waals surface area contributed by atoms with Crippen LogP contribution in [0.15, 0.2) is 11.6 Å². The van der Waals surface area contributed by atoms with Gasteiger partial charge in [-0.2, -0.15) is 0 Å². The zero-order chi connectivity index (χ0) is 23.6. The lowest BCUT2D eigenvalue weighted by atomic mass is 9.84. The maximum Gasteiger partial charge on any atom is 0.331 e. The second-order valence-corrected chi connectivity index (χ2v) is 11.8. The Bertz CT molecular complexity index is 697. The van der Waals surface area contributed by atoms with Crippen molar-refractivity contribution >= 4 is 29.5 Å². The summed E-state index contributed by atoms with van der Waals surface area (Å²) in [5.41, 5.74) is -0.321. The number of nitrogens with zero attached hydrogens (tertiary/aromatic N) is 2. The lowest BCUT2D eigenvalue weighted by Crippen LogP contribution is -2.60. The number of carbonyl (C=O) groups excluding carboxylic acids is 2. The Labute approximate surface area is 185 Å². The molecule has 7 nitrogen and oxygen atoms in total. The number of amides is 2. The summed E-state index contributed by atoms with van der Waals surface area (Å²) < 4.78 is -0.252. The Kier molecular flexibility index (Phi) is 8.59. The molecule has 1 saturated heterocycles. The van der Waals surface area contributed by atoms with Crippen LogP contribution < -0.4 is 5.32 Å². The first-order valence-corrected chi connectivity index (χ1v) is 11.3. The SMILES string of the molecule is C/C(=C\[C@H](C(C)C)N(C)C(=O)C(NC(=O)[C@H]1N(C)CSC1(C)C)C(C)(C)C)C(=O)O. The van der Waals surface area contributed by atoms with E-state index in [1.54, 1.807) is 29.8 Å². The van der Waals surface area contributed by atoms with E-state index in [0.29, 0.717) is 0 Å². The molecule has 0 saturated carbocycles.